The van der Waals surface area contributed by atoms with E-state index in [4.69, 9.17) is 9.47 Å². The molecule has 0 bridgehead atoms. The summed E-state index contributed by atoms with van der Waals surface area (Å²) in [6.45, 7) is 0. The molecule has 0 spiro atoms. The van der Waals surface area contributed by atoms with E-state index in [1.165, 1.54) is 0 Å². The molecule has 2 rings (SSSR count). The molecule has 68 valence electrons. The van der Waals surface area contributed by atoms with E-state index in [9.17, 15) is 4.79 Å². The van der Waals surface area contributed by atoms with Gasteiger partial charge in [0.15, 0.2) is 5.78 Å². The van der Waals surface area contributed by atoms with Crippen molar-refractivity contribution in [1.82, 2.24) is 0 Å². The fourth-order valence-electron chi connectivity index (χ4n) is 1.26. The minimum absolute atomic E-state index is 0.111. The van der Waals surface area contributed by atoms with Crippen LogP contribution in [0.2, 0.25) is 0 Å². The van der Waals surface area contributed by atoms with Gasteiger partial charge >= 0.3 is 0 Å². The van der Waals surface area contributed by atoms with Crippen molar-refractivity contribution in [3.05, 3.63) is 36.6 Å². The molecule has 0 amide bonds. The van der Waals surface area contributed by atoms with Gasteiger partial charge in [-0.1, -0.05) is 12.2 Å². The highest BCUT2D eigenvalue weighted by atomic mass is 16.7. The Morgan fingerprint density at radius 3 is 2.92 bits per heavy atom. The molecule has 0 radical (unpaired) electrons. The Hall–Kier alpha value is -1.35. The number of hydrogen-bond donors (Lipinski definition) is 0. The summed E-state index contributed by atoms with van der Waals surface area (Å²) < 4.78 is 10.6. The minimum Gasteiger partial charge on any atom is -0.469 e. The van der Waals surface area contributed by atoms with Crippen molar-refractivity contribution in [2.45, 2.75) is 18.8 Å². The molecule has 0 aromatic heterocycles. The summed E-state index contributed by atoms with van der Waals surface area (Å²) in [6.07, 6.45) is 10.3. The van der Waals surface area contributed by atoms with Gasteiger partial charge in [-0.3, -0.25) is 4.79 Å². The lowest BCUT2D eigenvalue weighted by Crippen LogP contribution is -2.20. The second-order valence-electron chi connectivity index (χ2n) is 2.92. The standard InChI is InChI=1S/C10H10O3/c11-8-4-5-9(7-8)13-10-3-1-2-6-12-10/h1-6,9-10H,7H2/t9?,10-/m1/s1. The molecule has 1 unspecified atom stereocenters. The molecule has 0 N–H and O–H groups in total. The maximum absolute atomic E-state index is 10.9. The smallest absolute Gasteiger partial charge is 0.219 e. The second-order valence-corrected chi connectivity index (χ2v) is 2.92. The maximum atomic E-state index is 10.9. The average Bonchev–Trinajstić information content (AvgIpc) is 2.53. The van der Waals surface area contributed by atoms with Crippen molar-refractivity contribution >= 4 is 5.78 Å². The van der Waals surface area contributed by atoms with Crippen LogP contribution < -0.4 is 0 Å². The van der Waals surface area contributed by atoms with E-state index in [0.717, 1.165) is 0 Å². The van der Waals surface area contributed by atoms with Crippen LogP contribution in [0.15, 0.2) is 36.6 Å². The number of ketones is 1. The number of carbonyl (C=O) groups excluding carboxylic acids is 1. The number of ether oxygens (including phenoxy) is 2. The van der Waals surface area contributed by atoms with Gasteiger partial charge in [0.05, 0.1) is 12.4 Å². The summed E-state index contributed by atoms with van der Waals surface area (Å²) in [5.74, 6) is 0.111. The van der Waals surface area contributed by atoms with Gasteiger partial charge in [0.1, 0.15) is 0 Å². The average molecular weight is 178 g/mol. The lowest BCUT2D eigenvalue weighted by Gasteiger charge is -2.18. The monoisotopic (exact) mass is 178 g/mol. The molecule has 2 aliphatic rings. The molecule has 0 aromatic carbocycles. The molecule has 0 fully saturated rings. The molecule has 1 aliphatic heterocycles. The highest BCUT2D eigenvalue weighted by Crippen LogP contribution is 2.15. The minimum atomic E-state index is -0.356. The Labute approximate surface area is 76.3 Å². The summed E-state index contributed by atoms with van der Waals surface area (Å²) in [4.78, 5) is 10.9. The van der Waals surface area contributed by atoms with Crippen LogP contribution in [0.25, 0.3) is 0 Å². The zero-order chi connectivity index (χ0) is 9.10. The molecule has 3 nitrogen and oxygen atoms in total. The van der Waals surface area contributed by atoms with Gasteiger partial charge in [0.2, 0.25) is 6.29 Å². The first-order valence-corrected chi connectivity index (χ1v) is 4.20. The van der Waals surface area contributed by atoms with Gasteiger partial charge in [0.25, 0.3) is 0 Å². The third-order valence-corrected chi connectivity index (χ3v) is 1.88. The van der Waals surface area contributed by atoms with Crippen LogP contribution in [0, 0.1) is 0 Å². The lowest BCUT2D eigenvalue weighted by molar-refractivity contribution is -0.121. The Kier molecular flexibility index (Phi) is 2.27. The molecule has 1 heterocycles. The van der Waals surface area contributed by atoms with Crippen LogP contribution >= 0.6 is 0 Å². The molecule has 0 saturated heterocycles. The van der Waals surface area contributed by atoms with Gasteiger partial charge in [-0.05, 0) is 18.2 Å². The van der Waals surface area contributed by atoms with Crippen molar-refractivity contribution < 1.29 is 14.3 Å². The third kappa shape index (κ3) is 2.06. The largest absolute Gasteiger partial charge is 0.469 e. The van der Waals surface area contributed by atoms with Gasteiger partial charge in [-0.25, -0.2) is 0 Å². The normalized spacial score (nSPS) is 30.9. The fourth-order valence-corrected chi connectivity index (χ4v) is 1.26. The Bertz CT molecular complexity index is 287. The van der Waals surface area contributed by atoms with Gasteiger partial charge in [-0.2, -0.15) is 0 Å². The van der Waals surface area contributed by atoms with Gasteiger partial charge in [-0.15, -0.1) is 0 Å². The number of hydrogen-bond acceptors (Lipinski definition) is 3. The van der Waals surface area contributed by atoms with Crippen LogP contribution in [0.5, 0.6) is 0 Å². The first-order valence-electron chi connectivity index (χ1n) is 4.20. The Balaban J connectivity index is 1.85. The molecular formula is C10H10O3. The van der Waals surface area contributed by atoms with E-state index in [-0.39, 0.29) is 18.2 Å². The van der Waals surface area contributed by atoms with E-state index < -0.39 is 0 Å². The third-order valence-electron chi connectivity index (χ3n) is 1.88. The quantitative estimate of drug-likeness (QED) is 0.639. The number of allylic oxidation sites excluding steroid dienone is 3. The number of carbonyl (C=O) groups is 1. The van der Waals surface area contributed by atoms with Crippen molar-refractivity contribution in [3.8, 4) is 0 Å². The SMILES string of the molecule is O=C1C=CC(O[C@@H]2C=CC=CO2)C1. The molecule has 13 heavy (non-hydrogen) atoms. The van der Waals surface area contributed by atoms with E-state index in [0.29, 0.717) is 6.42 Å². The van der Waals surface area contributed by atoms with Crippen LogP contribution in [-0.2, 0) is 14.3 Å². The molecule has 0 aromatic rings. The van der Waals surface area contributed by atoms with Crippen molar-refractivity contribution in [1.29, 1.82) is 0 Å². The first kappa shape index (κ1) is 8.26. The highest BCUT2D eigenvalue weighted by molar-refractivity contribution is 5.92. The summed E-state index contributed by atoms with van der Waals surface area (Å²) in [5.41, 5.74) is 0. The Morgan fingerprint density at radius 2 is 2.31 bits per heavy atom. The van der Waals surface area contributed by atoms with Crippen LogP contribution in [0.3, 0.4) is 0 Å². The molecule has 3 heteroatoms. The lowest BCUT2D eigenvalue weighted by atomic mass is 10.3. The molecule has 0 saturated carbocycles. The van der Waals surface area contributed by atoms with Crippen molar-refractivity contribution in [3.63, 3.8) is 0 Å². The molecular weight excluding hydrogens is 168 g/mol. The summed E-state index contributed by atoms with van der Waals surface area (Å²) >= 11 is 0. The topological polar surface area (TPSA) is 35.5 Å². The number of rotatable bonds is 2. The van der Waals surface area contributed by atoms with E-state index in [1.807, 2.05) is 6.08 Å². The van der Waals surface area contributed by atoms with Gasteiger partial charge < -0.3 is 9.47 Å². The maximum Gasteiger partial charge on any atom is 0.219 e. The predicted molar refractivity (Wildman–Crippen MR) is 46.8 cm³/mol. The zero-order valence-corrected chi connectivity index (χ0v) is 7.05. The van der Waals surface area contributed by atoms with Crippen LogP contribution in [0.1, 0.15) is 6.42 Å². The van der Waals surface area contributed by atoms with E-state index in [2.05, 4.69) is 0 Å². The van der Waals surface area contributed by atoms with Crippen LogP contribution in [0.4, 0.5) is 0 Å². The summed E-state index contributed by atoms with van der Waals surface area (Å²) in [6, 6.07) is 0. The first-order chi connectivity index (χ1) is 6.34. The second kappa shape index (κ2) is 3.58. The van der Waals surface area contributed by atoms with Gasteiger partial charge in [0, 0.05) is 6.42 Å². The summed E-state index contributed by atoms with van der Waals surface area (Å²) in [5, 5.41) is 0. The fraction of sp³-hybridized carbons (Fsp3) is 0.300. The molecule has 2 atom stereocenters. The Morgan fingerprint density at radius 1 is 1.38 bits per heavy atom. The molecule has 1 aliphatic carbocycles. The van der Waals surface area contributed by atoms with E-state index in [1.54, 1.807) is 30.6 Å². The van der Waals surface area contributed by atoms with Crippen molar-refractivity contribution in [2.75, 3.05) is 0 Å². The zero-order valence-electron chi connectivity index (χ0n) is 7.05. The van der Waals surface area contributed by atoms with E-state index >= 15 is 0 Å². The predicted octanol–water partition coefficient (Wildman–Crippen LogP) is 1.33. The van der Waals surface area contributed by atoms with Crippen LogP contribution in [-0.4, -0.2) is 18.2 Å². The van der Waals surface area contributed by atoms with Crippen molar-refractivity contribution in [2.24, 2.45) is 0 Å². The highest BCUT2D eigenvalue weighted by Gasteiger charge is 2.20. The summed E-state index contributed by atoms with van der Waals surface area (Å²) in [7, 11) is 0.